The van der Waals surface area contributed by atoms with Crippen LogP contribution >= 0.6 is 0 Å². The van der Waals surface area contributed by atoms with Crippen molar-refractivity contribution >= 4 is 11.6 Å². The standard InChI is InChI=1S/C21H26N2O2/c1-3-5-10-15-25-19-14-9-7-12-17(19)20-22-18-13-8-6-11-16(18)21(24)23(20)4-2/h6-9,11-14,20,22H,3-5,10,15H2,1-2H3. The lowest BCUT2D eigenvalue weighted by Gasteiger charge is -2.38. The molecule has 0 saturated carbocycles. The molecule has 0 aliphatic carbocycles. The number of anilines is 1. The lowest BCUT2D eigenvalue weighted by molar-refractivity contribution is 0.0692. The molecule has 0 spiro atoms. The van der Waals surface area contributed by atoms with Crippen LogP contribution in [0, 0.1) is 0 Å². The van der Waals surface area contributed by atoms with Crippen molar-refractivity contribution in [2.45, 2.75) is 39.3 Å². The van der Waals surface area contributed by atoms with Gasteiger partial charge in [0, 0.05) is 17.8 Å². The highest BCUT2D eigenvalue weighted by Gasteiger charge is 2.33. The first-order valence-corrected chi connectivity index (χ1v) is 9.14. The van der Waals surface area contributed by atoms with E-state index >= 15 is 0 Å². The van der Waals surface area contributed by atoms with Gasteiger partial charge in [0.05, 0.1) is 12.2 Å². The molecule has 132 valence electrons. The van der Waals surface area contributed by atoms with Crippen LogP contribution in [0.5, 0.6) is 5.75 Å². The molecule has 0 aromatic heterocycles. The first-order chi connectivity index (χ1) is 12.3. The van der Waals surface area contributed by atoms with E-state index in [1.807, 2.05) is 60.4 Å². The molecule has 0 radical (unpaired) electrons. The second-order valence-electron chi connectivity index (χ2n) is 6.28. The molecule has 2 aromatic rings. The number of benzene rings is 2. The van der Waals surface area contributed by atoms with Gasteiger partial charge in [-0.3, -0.25) is 4.79 Å². The summed E-state index contributed by atoms with van der Waals surface area (Å²) in [6.45, 7) is 5.52. The van der Waals surface area contributed by atoms with E-state index in [0.717, 1.165) is 35.4 Å². The molecule has 25 heavy (non-hydrogen) atoms. The molecule has 0 fully saturated rings. The summed E-state index contributed by atoms with van der Waals surface area (Å²) < 4.78 is 6.03. The number of amides is 1. The maximum Gasteiger partial charge on any atom is 0.257 e. The highest BCUT2D eigenvalue weighted by atomic mass is 16.5. The first kappa shape index (κ1) is 17.3. The Hall–Kier alpha value is -2.49. The van der Waals surface area contributed by atoms with E-state index < -0.39 is 0 Å². The number of hydrogen-bond donors (Lipinski definition) is 1. The average Bonchev–Trinajstić information content (AvgIpc) is 2.65. The van der Waals surface area contributed by atoms with Crippen LogP contribution in [0.3, 0.4) is 0 Å². The molecule has 1 aliphatic heterocycles. The van der Waals surface area contributed by atoms with Gasteiger partial charge in [-0.1, -0.05) is 50.1 Å². The lowest BCUT2D eigenvalue weighted by atomic mass is 10.0. The smallest absolute Gasteiger partial charge is 0.257 e. The van der Waals surface area contributed by atoms with E-state index in [9.17, 15) is 4.79 Å². The van der Waals surface area contributed by atoms with Crippen LogP contribution < -0.4 is 10.1 Å². The number of para-hydroxylation sites is 2. The molecule has 2 aromatic carbocycles. The quantitative estimate of drug-likeness (QED) is 0.734. The minimum atomic E-state index is -0.213. The van der Waals surface area contributed by atoms with Crippen molar-refractivity contribution in [1.29, 1.82) is 0 Å². The summed E-state index contributed by atoms with van der Waals surface area (Å²) >= 11 is 0. The topological polar surface area (TPSA) is 41.6 Å². The Bertz CT molecular complexity index is 729. The van der Waals surface area contributed by atoms with Gasteiger partial charge in [-0.2, -0.15) is 0 Å². The van der Waals surface area contributed by atoms with Crippen LogP contribution in [-0.4, -0.2) is 24.0 Å². The second-order valence-corrected chi connectivity index (χ2v) is 6.28. The van der Waals surface area contributed by atoms with Crippen molar-refractivity contribution < 1.29 is 9.53 Å². The molecular formula is C21H26N2O2. The maximum atomic E-state index is 12.9. The van der Waals surface area contributed by atoms with Crippen molar-refractivity contribution in [3.63, 3.8) is 0 Å². The Balaban J connectivity index is 1.89. The average molecular weight is 338 g/mol. The first-order valence-electron chi connectivity index (χ1n) is 9.14. The molecule has 1 amide bonds. The molecule has 1 aliphatic rings. The Morgan fingerprint density at radius 2 is 1.80 bits per heavy atom. The fourth-order valence-corrected chi connectivity index (χ4v) is 3.24. The van der Waals surface area contributed by atoms with Gasteiger partial charge in [0.25, 0.3) is 5.91 Å². The van der Waals surface area contributed by atoms with Crippen LogP contribution in [0.4, 0.5) is 5.69 Å². The zero-order valence-electron chi connectivity index (χ0n) is 15.0. The zero-order chi connectivity index (χ0) is 17.6. The Morgan fingerprint density at radius 3 is 2.60 bits per heavy atom. The monoisotopic (exact) mass is 338 g/mol. The van der Waals surface area contributed by atoms with Gasteiger partial charge >= 0.3 is 0 Å². The number of nitrogens with one attached hydrogen (secondary N) is 1. The third kappa shape index (κ3) is 3.63. The number of fused-ring (bicyclic) bond motifs is 1. The number of carbonyl (C=O) groups excluding carboxylic acids is 1. The van der Waals surface area contributed by atoms with Crippen LogP contribution in [0.2, 0.25) is 0 Å². The van der Waals surface area contributed by atoms with Crippen molar-refractivity contribution in [3.8, 4) is 5.75 Å². The summed E-state index contributed by atoms with van der Waals surface area (Å²) in [7, 11) is 0. The zero-order valence-corrected chi connectivity index (χ0v) is 15.0. The summed E-state index contributed by atoms with van der Waals surface area (Å²) in [5.74, 6) is 0.907. The summed E-state index contributed by atoms with van der Waals surface area (Å²) in [5.41, 5.74) is 2.61. The van der Waals surface area contributed by atoms with Gasteiger partial charge in [-0.25, -0.2) is 0 Å². The normalized spacial score (nSPS) is 16.3. The predicted molar refractivity (Wildman–Crippen MR) is 101 cm³/mol. The van der Waals surface area contributed by atoms with E-state index in [2.05, 4.69) is 12.2 Å². The molecular weight excluding hydrogens is 312 g/mol. The van der Waals surface area contributed by atoms with Gasteiger partial charge in [0.2, 0.25) is 0 Å². The molecule has 4 nitrogen and oxygen atoms in total. The SMILES string of the molecule is CCCCCOc1ccccc1C1Nc2ccccc2C(=O)N1CC. The van der Waals surface area contributed by atoms with E-state index in [-0.39, 0.29) is 12.1 Å². The van der Waals surface area contributed by atoms with E-state index in [0.29, 0.717) is 13.2 Å². The van der Waals surface area contributed by atoms with Gasteiger partial charge in [0.15, 0.2) is 0 Å². The number of nitrogens with zero attached hydrogens (tertiary/aromatic N) is 1. The van der Waals surface area contributed by atoms with Crippen LogP contribution in [-0.2, 0) is 0 Å². The summed E-state index contributed by atoms with van der Waals surface area (Å²) in [4.78, 5) is 14.7. The van der Waals surface area contributed by atoms with Crippen molar-refractivity contribution in [3.05, 3.63) is 59.7 Å². The van der Waals surface area contributed by atoms with Crippen molar-refractivity contribution in [1.82, 2.24) is 4.90 Å². The Morgan fingerprint density at radius 1 is 1.04 bits per heavy atom. The van der Waals surface area contributed by atoms with Crippen LogP contribution in [0.1, 0.15) is 55.2 Å². The van der Waals surface area contributed by atoms with Crippen molar-refractivity contribution in [2.24, 2.45) is 0 Å². The molecule has 0 bridgehead atoms. The Labute approximate surface area is 149 Å². The fraction of sp³-hybridized carbons (Fsp3) is 0.381. The van der Waals surface area contributed by atoms with Crippen LogP contribution in [0.15, 0.2) is 48.5 Å². The number of ether oxygens (including phenoxy) is 1. The van der Waals surface area contributed by atoms with Gasteiger partial charge in [-0.05, 0) is 31.5 Å². The number of unbranched alkanes of at least 4 members (excludes halogenated alkanes) is 2. The Kier molecular flexibility index (Phi) is 5.59. The molecule has 1 heterocycles. The van der Waals surface area contributed by atoms with E-state index in [1.165, 1.54) is 6.42 Å². The highest BCUT2D eigenvalue weighted by Crippen LogP contribution is 2.36. The lowest BCUT2D eigenvalue weighted by Crippen LogP contribution is -2.42. The molecule has 0 saturated heterocycles. The largest absolute Gasteiger partial charge is 0.493 e. The second kappa shape index (κ2) is 8.06. The minimum absolute atomic E-state index is 0.0580. The molecule has 1 atom stereocenters. The summed E-state index contributed by atoms with van der Waals surface area (Å²) in [6, 6.07) is 15.7. The highest BCUT2D eigenvalue weighted by molar-refractivity contribution is 6.01. The molecule has 4 heteroatoms. The van der Waals surface area contributed by atoms with E-state index in [1.54, 1.807) is 0 Å². The summed E-state index contributed by atoms with van der Waals surface area (Å²) in [6.07, 6.45) is 3.16. The fourth-order valence-electron chi connectivity index (χ4n) is 3.24. The van der Waals surface area contributed by atoms with Gasteiger partial charge in [0.1, 0.15) is 11.9 Å². The van der Waals surface area contributed by atoms with Gasteiger partial charge < -0.3 is 15.0 Å². The van der Waals surface area contributed by atoms with E-state index in [4.69, 9.17) is 4.74 Å². The number of carbonyl (C=O) groups is 1. The minimum Gasteiger partial charge on any atom is -0.493 e. The predicted octanol–water partition coefficient (Wildman–Crippen LogP) is 4.84. The van der Waals surface area contributed by atoms with Crippen molar-refractivity contribution in [2.75, 3.05) is 18.5 Å². The molecule has 1 N–H and O–H groups in total. The third-order valence-electron chi connectivity index (χ3n) is 4.58. The number of rotatable bonds is 7. The third-order valence-corrected chi connectivity index (χ3v) is 4.58. The van der Waals surface area contributed by atoms with Gasteiger partial charge in [-0.15, -0.1) is 0 Å². The van der Waals surface area contributed by atoms with Crippen LogP contribution in [0.25, 0.3) is 0 Å². The maximum absolute atomic E-state index is 12.9. The molecule has 1 unspecified atom stereocenters. The molecule has 3 rings (SSSR count). The summed E-state index contributed by atoms with van der Waals surface area (Å²) in [5, 5.41) is 3.51. The number of hydrogen-bond acceptors (Lipinski definition) is 3.